The van der Waals surface area contributed by atoms with E-state index in [2.05, 4.69) is 12.2 Å². The maximum atomic E-state index is 12.9. The summed E-state index contributed by atoms with van der Waals surface area (Å²) in [6, 6.07) is 7.95. The Morgan fingerprint density at radius 2 is 1.78 bits per heavy atom. The van der Waals surface area contributed by atoms with Gasteiger partial charge in [0.2, 0.25) is 17.7 Å². The van der Waals surface area contributed by atoms with Crippen molar-refractivity contribution >= 4 is 17.7 Å². The third-order valence-corrected chi connectivity index (χ3v) is 5.97. The number of amides is 3. The van der Waals surface area contributed by atoms with Crippen molar-refractivity contribution in [3.8, 4) is 0 Å². The summed E-state index contributed by atoms with van der Waals surface area (Å²) < 4.78 is 0. The van der Waals surface area contributed by atoms with Crippen molar-refractivity contribution < 1.29 is 70.9 Å². The molecule has 0 spiro atoms. The number of carbonyl (C=O) groups is 3. The molecular formula is C26H46KN5O4. The molecule has 2 saturated heterocycles. The molecule has 2 aliphatic heterocycles. The zero-order valence-electron chi connectivity index (χ0n) is 22.9. The Hall–Kier alpha value is -0.854. The van der Waals surface area contributed by atoms with Crippen LogP contribution < -0.4 is 73.9 Å². The van der Waals surface area contributed by atoms with Crippen molar-refractivity contribution in [1.29, 1.82) is 0 Å². The molecule has 36 heavy (non-hydrogen) atoms. The molecule has 0 aromatic heterocycles. The van der Waals surface area contributed by atoms with E-state index in [4.69, 9.17) is 22.3 Å². The minimum Gasteiger partial charge on any atom is -0.393 e. The number of hydrogen-bond acceptors (Lipinski definition) is 6. The number of nitrogens with one attached hydrogen (secondary N) is 1. The van der Waals surface area contributed by atoms with Crippen LogP contribution in [0.15, 0.2) is 24.3 Å². The van der Waals surface area contributed by atoms with Gasteiger partial charge in [0.15, 0.2) is 0 Å². The molecule has 3 atom stereocenters. The van der Waals surface area contributed by atoms with E-state index in [1.54, 1.807) is 4.90 Å². The van der Waals surface area contributed by atoms with Crippen molar-refractivity contribution in [2.75, 3.05) is 19.6 Å². The van der Waals surface area contributed by atoms with Crippen LogP contribution in [0.3, 0.4) is 0 Å². The first-order chi connectivity index (χ1) is 16.1. The third kappa shape index (κ3) is 12.1. The Balaban J connectivity index is 0. The van der Waals surface area contributed by atoms with Gasteiger partial charge in [-0.2, -0.15) is 0 Å². The van der Waals surface area contributed by atoms with Crippen LogP contribution in [0.5, 0.6) is 0 Å². The summed E-state index contributed by atoms with van der Waals surface area (Å²) in [5.41, 5.74) is 16.9. The van der Waals surface area contributed by atoms with Gasteiger partial charge in [-0.05, 0) is 64.6 Å². The van der Waals surface area contributed by atoms with Gasteiger partial charge in [0.1, 0.15) is 5.54 Å². The molecule has 0 saturated carbocycles. The molecule has 200 valence electrons. The van der Waals surface area contributed by atoms with Gasteiger partial charge in [0.05, 0.1) is 18.6 Å². The van der Waals surface area contributed by atoms with E-state index in [0.717, 1.165) is 44.3 Å². The van der Waals surface area contributed by atoms with E-state index < -0.39 is 17.6 Å². The van der Waals surface area contributed by atoms with Crippen LogP contribution in [0.1, 0.15) is 63.5 Å². The molecule has 0 bridgehead atoms. The molecule has 8 N–H and O–H groups in total. The summed E-state index contributed by atoms with van der Waals surface area (Å²) in [5, 5.41) is 11.7. The van der Waals surface area contributed by atoms with Crippen LogP contribution >= 0.6 is 0 Å². The number of likely N-dealkylation sites (tertiary alicyclic amines) is 1. The van der Waals surface area contributed by atoms with Gasteiger partial charge in [0, 0.05) is 13.0 Å². The molecule has 0 radical (unpaired) electrons. The quantitative estimate of drug-likeness (QED) is 0.205. The molecule has 3 rings (SSSR count). The summed E-state index contributed by atoms with van der Waals surface area (Å²) in [6.07, 6.45) is 4.38. The smallest absolute Gasteiger partial charge is 0.393 e. The number of hydrogen-bond donors (Lipinski definition) is 5. The van der Waals surface area contributed by atoms with Gasteiger partial charge in [-0.15, -0.1) is 0 Å². The van der Waals surface area contributed by atoms with Gasteiger partial charge in [-0.1, -0.05) is 36.8 Å². The fraction of sp³-hybridized carbons (Fsp3) is 0.615. The van der Waals surface area contributed by atoms with E-state index in [9.17, 15) is 14.4 Å². The molecule has 2 aliphatic rings. The number of nitrogens with two attached hydrogens (primary N) is 3. The molecule has 2 heterocycles. The largest absolute Gasteiger partial charge is 1.00 e. The average molecular weight is 532 g/mol. The number of nitrogens with zero attached hydrogens (tertiary/aromatic N) is 1. The summed E-state index contributed by atoms with van der Waals surface area (Å²) in [4.78, 5) is 36.8. The monoisotopic (exact) mass is 531 g/mol. The number of rotatable bonds is 7. The van der Waals surface area contributed by atoms with E-state index >= 15 is 0 Å². The summed E-state index contributed by atoms with van der Waals surface area (Å²) in [7, 11) is 0. The Labute approximate surface area is 259 Å². The Morgan fingerprint density at radius 1 is 1.19 bits per heavy atom. The van der Waals surface area contributed by atoms with Crippen LogP contribution in [0.2, 0.25) is 0 Å². The molecule has 10 heteroatoms. The first kappa shape index (κ1) is 37.3. The summed E-state index contributed by atoms with van der Waals surface area (Å²) >= 11 is 0. The van der Waals surface area contributed by atoms with Crippen molar-refractivity contribution in [3.05, 3.63) is 42.8 Å². The van der Waals surface area contributed by atoms with Crippen molar-refractivity contribution in [2.45, 2.75) is 83.4 Å². The van der Waals surface area contributed by atoms with Gasteiger partial charge in [-0.3, -0.25) is 14.4 Å². The summed E-state index contributed by atoms with van der Waals surface area (Å²) in [5.74, 6) is -0.817. The molecule has 9 nitrogen and oxygen atoms in total. The second-order valence-corrected chi connectivity index (χ2v) is 9.11. The first-order valence-corrected chi connectivity index (χ1v) is 12.1. The molecule has 1 unspecified atom stereocenters. The zero-order chi connectivity index (χ0) is 25.7. The van der Waals surface area contributed by atoms with Gasteiger partial charge in [-0.25, -0.2) is 0 Å². The minimum atomic E-state index is -0.878. The van der Waals surface area contributed by atoms with E-state index in [0.29, 0.717) is 19.4 Å². The van der Waals surface area contributed by atoms with Crippen LogP contribution in [0, 0.1) is 14.4 Å². The van der Waals surface area contributed by atoms with Gasteiger partial charge in [0.25, 0.3) is 0 Å². The second kappa shape index (κ2) is 19.2. The number of carbonyl (C=O) groups excluding carboxylic acids is 3. The van der Waals surface area contributed by atoms with Gasteiger partial charge < -0.3 is 40.0 Å². The molecule has 3 amide bonds. The fourth-order valence-corrected chi connectivity index (χ4v) is 4.15. The average Bonchev–Trinajstić information content (AvgIpc) is 3.45. The molecule has 2 fully saturated rings. The standard InChI is InChI=1S/C18H25N3O2.C4H9NO2.C3H9N.CH3.K/c1-13-5-7-14(8-6-13)12-18(17(19)23)9-3-11-21(18)16(22)15-4-2-10-20-15;1-3(6)2-4(5)7;1-2-3-4;;/h5-8,15,20H,2-4,9-12H2,1H3,(H2,19,23);3,6H,2H2,1H3,(H2,5,7);2-4H2,1H3;1H3;/q;;;-1;+1/t15?,18-;3-;;;/m01.../s1. The Bertz CT molecular complexity index is 783. The predicted octanol–water partition coefficient (Wildman–Crippen LogP) is -1.81. The SMILES string of the molecule is CCCN.C[C@@H](O)CC(N)=O.Cc1ccc(C[C@]2(C(N)=O)CCCN2C(=O)C2CCCN2)cc1.[CH3-].[K+]. The van der Waals surface area contributed by atoms with Crippen LogP contribution in [0.4, 0.5) is 0 Å². The maximum absolute atomic E-state index is 12.9. The molecule has 0 aliphatic carbocycles. The van der Waals surface area contributed by atoms with E-state index in [-0.39, 0.29) is 83.1 Å². The zero-order valence-corrected chi connectivity index (χ0v) is 26.0. The number of benzene rings is 1. The fourth-order valence-electron chi connectivity index (χ4n) is 4.15. The van der Waals surface area contributed by atoms with Crippen molar-refractivity contribution in [2.24, 2.45) is 17.2 Å². The topological polar surface area (TPSA) is 165 Å². The van der Waals surface area contributed by atoms with E-state index in [1.165, 1.54) is 12.5 Å². The summed E-state index contributed by atoms with van der Waals surface area (Å²) in [6.45, 7) is 7.91. The molecular weight excluding hydrogens is 485 g/mol. The predicted molar refractivity (Wildman–Crippen MR) is 140 cm³/mol. The number of primary amides is 2. The maximum Gasteiger partial charge on any atom is 1.00 e. The minimum absolute atomic E-state index is 0. The van der Waals surface area contributed by atoms with Crippen LogP contribution in [0.25, 0.3) is 0 Å². The number of aliphatic hydroxyl groups is 1. The number of aliphatic hydroxyl groups excluding tert-OH is 1. The Kier molecular flexibility index (Phi) is 19.9. The van der Waals surface area contributed by atoms with Crippen molar-refractivity contribution in [3.63, 3.8) is 0 Å². The van der Waals surface area contributed by atoms with Crippen LogP contribution in [-0.4, -0.2) is 65.0 Å². The van der Waals surface area contributed by atoms with Crippen molar-refractivity contribution in [1.82, 2.24) is 10.2 Å². The molecule has 1 aromatic rings. The van der Waals surface area contributed by atoms with Crippen LogP contribution in [-0.2, 0) is 20.8 Å². The van der Waals surface area contributed by atoms with E-state index in [1.807, 2.05) is 31.2 Å². The first-order valence-electron chi connectivity index (χ1n) is 12.1. The van der Waals surface area contributed by atoms with Gasteiger partial charge >= 0.3 is 51.4 Å². The third-order valence-electron chi connectivity index (χ3n) is 5.97. The Morgan fingerprint density at radius 3 is 2.17 bits per heavy atom. The number of aryl methyl sites for hydroxylation is 1. The second-order valence-electron chi connectivity index (χ2n) is 9.11. The normalized spacial score (nSPS) is 20.9. The molecule has 1 aromatic carbocycles.